The van der Waals surface area contributed by atoms with Crippen LogP contribution in [-0.2, 0) is 5.41 Å². The average molecular weight is 560 g/mol. The molecule has 5 aromatic carbocycles. The lowest BCUT2D eigenvalue weighted by Crippen LogP contribution is -2.33. The van der Waals surface area contributed by atoms with Crippen molar-refractivity contribution in [2.24, 2.45) is 10.8 Å². The van der Waals surface area contributed by atoms with Crippen LogP contribution in [-0.4, -0.2) is 11.8 Å². The molecule has 1 heterocycles. The van der Waals surface area contributed by atoms with E-state index in [1.54, 1.807) is 0 Å². The first-order valence-corrected chi connectivity index (χ1v) is 15.8. The Kier molecular flexibility index (Phi) is 6.29. The molecular formula is C41H42BN. The highest BCUT2D eigenvalue weighted by Gasteiger charge is 2.38. The van der Waals surface area contributed by atoms with E-state index in [0.717, 1.165) is 7.28 Å². The Hall–Kier alpha value is -4.04. The van der Waals surface area contributed by atoms with Gasteiger partial charge in [0.25, 0.3) is 0 Å². The highest BCUT2D eigenvalue weighted by molar-refractivity contribution is 6.53. The van der Waals surface area contributed by atoms with Crippen molar-refractivity contribution < 1.29 is 0 Å². The third-order valence-electron chi connectivity index (χ3n) is 10.8. The predicted octanol–water partition coefficient (Wildman–Crippen LogP) is 10.3. The lowest BCUT2D eigenvalue weighted by molar-refractivity contribution is 0.157. The Morgan fingerprint density at radius 1 is 0.651 bits per heavy atom. The standard InChI is InChI=1S/C41H42BN/c1-39(2,3)40(4,5)26-42-29-19-22-31-34(25-29)41(6,7)33-23-24-36-38(37(31)33)32-15-11-12-16-35(32)43(36)30-20-17-28(18-21-30)27-13-9-8-10-14-27/h8-25,42H,26H2,1-7H3. The van der Waals surface area contributed by atoms with Gasteiger partial charge in [0.1, 0.15) is 0 Å². The number of nitrogens with zero attached hydrogens (tertiary/aromatic N) is 1. The van der Waals surface area contributed by atoms with Crippen LogP contribution in [0.15, 0.2) is 109 Å². The maximum absolute atomic E-state index is 2.52. The topological polar surface area (TPSA) is 4.93 Å². The van der Waals surface area contributed by atoms with Crippen molar-refractivity contribution >= 4 is 34.5 Å². The van der Waals surface area contributed by atoms with Crippen molar-refractivity contribution in [2.75, 3.05) is 0 Å². The van der Waals surface area contributed by atoms with E-state index in [1.165, 1.54) is 72.7 Å². The van der Waals surface area contributed by atoms with Crippen LogP contribution in [0.3, 0.4) is 0 Å². The molecule has 0 bridgehead atoms. The molecule has 1 aliphatic rings. The fourth-order valence-corrected chi connectivity index (χ4v) is 7.03. The molecule has 7 rings (SSSR count). The maximum Gasteiger partial charge on any atom is 0.158 e. The number of fused-ring (bicyclic) bond motifs is 7. The van der Waals surface area contributed by atoms with Gasteiger partial charge in [0.15, 0.2) is 7.28 Å². The van der Waals surface area contributed by atoms with Crippen molar-refractivity contribution in [2.45, 2.75) is 60.2 Å². The van der Waals surface area contributed by atoms with Gasteiger partial charge in [-0.1, -0.05) is 145 Å². The number of rotatable bonds is 5. The summed E-state index contributed by atoms with van der Waals surface area (Å²) in [6.07, 6.45) is 1.18. The molecule has 0 spiro atoms. The fourth-order valence-electron chi connectivity index (χ4n) is 7.03. The van der Waals surface area contributed by atoms with E-state index in [2.05, 4.69) is 162 Å². The van der Waals surface area contributed by atoms with Crippen LogP contribution >= 0.6 is 0 Å². The van der Waals surface area contributed by atoms with Gasteiger partial charge in [-0.25, -0.2) is 0 Å². The Bertz CT molecular complexity index is 1980. The molecule has 0 saturated heterocycles. The highest BCUT2D eigenvalue weighted by Crippen LogP contribution is 2.53. The number of aromatic nitrogens is 1. The molecule has 0 aliphatic heterocycles. The first-order valence-electron chi connectivity index (χ1n) is 15.8. The SMILES string of the molecule is CC1(C)c2cc(BCC(C)(C)C(C)(C)C)ccc2-c2c1ccc1c2c2ccccc2n1-c1ccc(-c2ccccc2)cc1. The van der Waals surface area contributed by atoms with E-state index in [-0.39, 0.29) is 16.2 Å². The summed E-state index contributed by atoms with van der Waals surface area (Å²) in [7, 11) is 1.11. The number of hydrogen-bond acceptors (Lipinski definition) is 0. The van der Waals surface area contributed by atoms with Crippen molar-refractivity contribution in [3.63, 3.8) is 0 Å². The van der Waals surface area contributed by atoms with E-state index < -0.39 is 0 Å². The van der Waals surface area contributed by atoms with Crippen molar-refractivity contribution in [1.29, 1.82) is 0 Å². The summed E-state index contributed by atoms with van der Waals surface area (Å²) in [4.78, 5) is 0. The molecule has 214 valence electrons. The summed E-state index contributed by atoms with van der Waals surface area (Å²) in [5.41, 5.74) is 13.9. The van der Waals surface area contributed by atoms with Crippen LogP contribution < -0.4 is 5.46 Å². The molecule has 0 amide bonds. The third kappa shape index (κ3) is 4.37. The van der Waals surface area contributed by atoms with Gasteiger partial charge in [0.05, 0.1) is 11.0 Å². The third-order valence-corrected chi connectivity index (χ3v) is 10.8. The Morgan fingerprint density at radius 3 is 2.05 bits per heavy atom. The van der Waals surface area contributed by atoms with Crippen LogP contribution in [0, 0.1) is 10.8 Å². The normalized spacial score (nSPS) is 14.2. The summed E-state index contributed by atoms with van der Waals surface area (Å²) in [5, 5.41) is 2.69. The molecule has 2 heteroatoms. The molecule has 6 aromatic rings. The van der Waals surface area contributed by atoms with E-state index >= 15 is 0 Å². The van der Waals surface area contributed by atoms with Gasteiger partial charge in [0, 0.05) is 21.9 Å². The summed E-state index contributed by atoms with van der Waals surface area (Å²) >= 11 is 0. The van der Waals surface area contributed by atoms with E-state index in [0.29, 0.717) is 0 Å². The highest BCUT2D eigenvalue weighted by atomic mass is 15.0. The second kappa shape index (κ2) is 9.74. The molecule has 43 heavy (non-hydrogen) atoms. The molecule has 1 aromatic heterocycles. The van der Waals surface area contributed by atoms with E-state index in [4.69, 9.17) is 0 Å². The summed E-state index contributed by atoms with van der Waals surface area (Å²) in [6.45, 7) is 16.8. The smallest absolute Gasteiger partial charge is 0.158 e. The van der Waals surface area contributed by atoms with Crippen molar-refractivity contribution in [3.8, 4) is 27.9 Å². The van der Waals surface area contributed by atoms with E-state index in [1.807, 2.05) is 0 Å². The molecule has 1 nitrogen and oxygen atoms in total. The lowest BCUT2D eigenvalue weighted by Gasteiger charge is -2.39. The first kappa shape index (κ1) is 27.8. The average Bonchev–Trinajstić information content (AvgIpc) is 3.45. The van der Waals surface area contributed by atoms with Crippen LogP contribution in [0.1, 0.15) is 59.6 Å². The minimum absolute atomic E-state index is 0.0467. The van der Waals surface area contributed by atoms with Crippen LogP contribution in [0.5, 0.6) is 0 Å². The molecule has 0 N–H and O–H groups in total. The monoisotopic (exact) mass is 559 g/mol. The van der Waals surface area contributed by atoms with Gasteiger partial charge < -0.3 is 4.57 Å². The van der Waals surface area contributed by atoms with Crippen LogP contribution in [0.25, 0.3) is 49.7 Å². The van der Waals surface area contributed by atoms with Gasteiger partial charge in [-0.2, -0.15) is 0 Å². The number of benzene rings is 5. The second-order valence-corrected chi connectivity index (χ2v) is 14.8. The Balaban J connectivity index is 1.37. The second-order valence-electron chi connectivity index (χ2n) is 14.8. The van der Waals surface area contributed by atoms with Gasteiger partial charge in [-0.15, -0.1) is 0 Å². The Morgan fingerprint density at radius 2 is 1.33 bits per heavy atom. The fraction of sp³-hybridized carbons (Fsp3) is 0.268. The molecule has 0 fully saturated rings. The van der Waals surface area contributed by atoms with Gasteiger partial charge in [-0.3, -0.25) is 0 Å². The molecule has 0 radical (unpaired) electrons. The number of para-hydroxylation sites is 1. The summed E-state index contributed by atoms with van der Waals surface area (Å²) < 4.78 is 2.45. The zero-order chi connectivity index (χ0) is 30.1. The van der Waals surface area contributed by atoms with Crippen LogP contribution in [0.2, 0.25) is 6.32 Å². The quantitative estimate of drug-likeness (QED) is 0.185. The molecule has 0 atom stereocenters. The lowest BCUT2D eigenvalue weighted by atomic mass is 9.53. The zero-order valence-electron chi connectivity index (χ0n) is 26.8. The van der Waals surface area contributed by atoms with Crippen molar-refractivity contribution in [1.82, 2.24) is 4.57 Å². The number of hydrogen-bond donors (Lipinski definition) is 0. The van der Waals surface area contributed by atoms with Gasteiger partial charge >= 0.3 is 0 Å². The molecule has 0 saturated carbocycles. The van der Waals surface area contributed by atoms with Crippen LogP contribution in [0.4, 0.5) is 0 Å². The first-order chi connectivity index (χ1) is 20.5. The minimum atomic E-state index is -0.0467. The van der Waals surface area contributed by atoms with Gasteiger partial charge in [0.2, 0.25) is 0 Å². The Labute approximate surface area is 257 Å². The van der Waals surface area contributed by atoms with Gasteiger partial charge in [-0.05, 0) is 68.5 Å². The predicted molar refractivity (Wildman–Crippen MR) is 189 cm³/mol. The molecular weight excluding hydrogens is 517 g/mol. The molecule has 1 aliphatic carbocycles. The summed E-state index contributed by atoms with van der Waals surface area (Å²) in [6, 6.07) is 40.7. The van der Waals surface area contributed by atoms with Crippen molar-refractivity contribution in [3.05, 3.63) is 120 Å². The largest absolute Gasteiger partial charge is 0.309 e. The van der Waals surface area contributed by atoms with E-state index in [9.17, 15) is 0 Å². The minimum Gasteiger partial charge on any atom is -0.309 e. The maximum atomic E-state index is 2.52. The zero-order valence-corrected chi connectivity index (χ0v) is 26.8. The molecule has 0 unspecified atom stereocenters. The summed E-state index contributed by atoms with van der Waals surface area (Å²) in [5.74, 6) is 0.